The maximum atomic E-state index is 13.4. The summed E-state index contributed by atoms with van der Waals surface area (Å²) in [5.74, 6) is -1.68. The molecule has 0 aliphatic carbocycles. The third-order valence-corrected chi connectivity index (χ3v) is 5.90. The van der Waals surface area contributed by atoms with E-state index in [4.69, 9.17) is 9.47 Å². The summed E-state index contributed by atoms with van der Waals surface area (Å²) in [6.07, 6.45) is 0. The predicted octanol–water partition coefficient (Wildman–Crippen LogP) is 3.91. The van der Waals surface area contributed by atoms with Gasteiger partial charge in [0.1, 0.15) is 28.6 Å². The standard InChI is InChI=1S/C26H21N3O6/c1-34-18-11-6-12-19(35-2)20(18)23(31)21-22(14-7-5-8-15(30)13-14)29(25(33)24(21)32)26-27-16-9-3-4-10-17(16)28-26/h3-13,22,30-31H,1-2H3,(H,27,28)/b23-21+. The third-order valence-electron chi connectivity index (χ3n) is 5.90. The van der Waals surface area contributed by atoms with E-state index >= 15 is 0 Å². The number of ether oxygens (including phenoxy) is 2. The van der Waals surface area contributed by atoms with E-state index in [-0.39, 0.29) is 34.3 Å². The minimum atomic E-state index is -1.09. The lowest BCUT2D eigenvalue weighted by atomic mass is 9.94. The van der Waals surface area contributed by atoms with Gasteiger partial charge < -0.3 is 24.7 Å². The van der Waals surface area contributed by atoms with Gasteiger partial charge in [-0.3, -0.25) is 14.5 Å². The van der Waals surface area contributed by atoms with Crippen molar-refractivity contribution in [3.63, 3.8) is 0 Å². The number of nitrogens with one attached hydrogen (secondary N) is 1. The second-order valence-electron chi connectivity index (χ2n) is 7.88. The lowest BCUT2D eigenvalue weighted by molar-refractivity contribution is -0.132. The minimum absolute atomic E-state index is 0.0624. The highest BCUT2D eigenvalue weighted by Crippen LogP contribution is 2.45. The molecular weight excluding hydrogens is 450 g/mol. The topological polar surface area (TPSA) is 125 Å². The first-order valence-corrected chi connectivity index (χ1v) is 10.7. The molecule has 3 aromatic carbocycles. The first-order chi connectivity index (χ1) is 16.9. The number of methoxy groups -OCH3 is 2. The molecule has 0 saturated carbocycles. The maximum Gasteiger partial charge on any atom is 0.302 e. The number of amides is 1. The molecule has 1 aliphatic rings. The molecular formula is C26H21N3O6. The second kappa shape index (κ2) is 8.53. The molecule has 1 aromatic heterocycles. The number of para-hydroxylation sites is 2. The average Bonchev–Trinajstić information content (AvgIpc) is 3.41. The number of H-pyrrole nitrogens is 1. The van der Waals surface area contributed by atoms with Crippen molar-refractivity contribution >= 4 is 34.4 Å². The molecule has 0 bridgehead atoms. The zero-order valence-corrected chi connectivity index (χ0v) is 18.9. The van der Waals surface area contributed by atoms with Crippen LogP contribution in [-0.2, 0) is 9.59 Å². The normalized spacial score (nSPS) is 17.2. The Kier molecular flexibility index (Phi) is 5.37. The summed E-state index contributed by atoms with van der Waals surface area (Å²) in [7, 11) is 2.84. The number of imidazole rings is 1. The Balaban J connectivity index is 1.79. The lowest BCUT2D eigenvalue weighted by Gasteiger charge is -2.23. The number of aliphatic hydroxyl groups is 1. The Morgan fingerprint density at radius 3 is 2.31 bits per heavy atom. The van der Waals surface area contributed by atoms with Crippen molar-refractivity contribution in [2.75, 3.05) is 19.1 Å². The number of carbonyl (C=O) groups excluding carboxylic acids is 2. The Morgan fingerprint density at radius 1 is 0.971 bits per heavy atom. The molecule has 1 saturated heterocycles. The minimum Gasteiger partial charge on any atom is -0.508 e. The van der Waals surface area contributed by atoms with E-state index in [2.05, 4.69) is 9.97 Å². The number of ketones is 1. The number of hydrogen-bond donors (Lipinski definition) is 3. The monoisotopic (exact) mass is 471 g/mol. The van der Waals surface area contributed by atoms with Crippen LogP contribution in [0.1, 0.15) is 17.2 Å². The zero-order valence-electron chi connectivity index (χ0n) is 18.9. The van der Waals surface area contributed by atoms with E-state index in [1.807, 2.05) is 12.1 Å². The van der Waals surface area contributed by atoms with Crippen molar-refractivity contribution in [3.05, 3.63) is 83.4 Å². The molecule has 4 aromatic rings. The van der Waals surface area contributed by atoms with Gasteiger partial charge in [0.25, 0.3) is 5.78 Å². The van der Waals surface area contributed by atoms with Gasteiger partial charge in [0.15, 0.2) is 0 Å². The number of hydrogen-bond acceptors (Lipinski definition) is 7. The lowest BCUT2D eigenvalue weighted by Crippen LogP contribution is -2.30. The molecule has 9 nitrogen and oxygen atoms in total. The highest BCUT2D eigenvalue weighted by atomic mass is 16.5. The van der Waals surface area contributed by atoms with Gasteiger partial charge in [-0.1, -0.05) is 30.3 Å². The molecule has 2 heterocycles. The van der Waals surface area contributed by atoms with E-state index in [0.29, 0.717) is 16.6 Å². The molecule has 35 heavy (non-hydrogen) atoms. The van der Waals surface area contributed by atoms with Crippen LogP contribution >= 0.6 is 0 Å². The van der Waals surface area contributed by atoms with Crippen LogP contribution in [0.3, 0.4) is 0 Å². The largest absolute Gasteiger partial charge is 0.508 e. The number of aliphatic hydroxyl groups excluding tert-OH is 1. The van der Waals surface area contributed by atoms with Gasteiger partial charge in [-0.05, 0) is 42.0 Å². The fourth-order valence-corrected chi connectivity index (χ4v) is 4.33. The van der Waals surface area contributed by atoms with Crippen molar-refractivity contribution < 1.29 is 29.3 Å². The first kappa shape index (κ1) is 22.0. The predicted molar refractivity (Wildman–Crippen MR) is 129 cm³/mol. The number of fused-ring (bicyclic) bond motifs is 1. The van der Waals surface area contributed by atoms with E-state index < -0.39 is 23.5 Å². The van der Waals surface area contributed by atoms with E-state index in [0.717, 1.165) is 0 Å². The smallest absolute Gasteiger partial charge is 0.302 e. The second-order valence-corrected chi connectivity index (χ2v) is 7.88. The summed E-state index contributed by atoms with van der Waals surface area (Å²) < 4.78 is 10.8. The van der Waals surface area contributed by atoms with Gasteiger partial charge in [0.2, 0.25) is 5.95 Å². The molecule has 1 unspecified atom stereocenters. The Hall–Kier alpha value is -4.79. The van der Waals surface area contributed by atoms with Crippen LogP contribution in [0.25, 0.3) is 16.8 Å². The van der Waals surface area contributed by atoms with Crippen molar-refractivity contribution in [1.29, 1.82) is 0 Å². The molecule has 9 heteroatoms. The fraction of sp³-hybridized carbons (Fsp3) is 0.115. The van der Waals surface area contributed by atoms with Crippen LogP contribution in [0.15, 0.2) is 72.3 Å². The number of anilines is 1. The van der Waals surface area contributed by atoms with E-state index in [1.165, 1.54) is 31.3 Å². The molecule has 0 radical (unpaired) electrons. The molecule has 1 aliphatic heterocycles. The van der Waals surface area contributed by atoms with E-state index in [1.54, 1.807) is 42.5 Å². The fourth-order valence-electron chi connectivity index (χ4n) is 4.33. The SMILES string of the molecule is COc1cccc(OC)c1/C(O)=C1\C(=O)C(=O)N(c2nc3ccccc3[nH]2)C1c1cccc(O)c1. The van der Waals surface area contributed by atoms with Gasteiger partial charge in [-0.2, -0.15) is 0 Å². The number of nitrogens with zero attached hydrogens (tertiary/aromatic N) is 2. The number of Topliss-reactive ketones (excluding diaryl/α,β-unsaturated/α-hetero) is 1. The number of aromatic hydroxyl groups is 1. The summed E-state index contributed by atoms with van der Waals surface area (Å²) in [4.78, 5) is 35.5. The van der Waals surface area contributed by atoms with E-state index in [9.17, 15) is 19.8 Å². The summed E-state index contributed by atoms with van der Waals surface area (Å²) in [5, 5.41) is 21.6. The first-order valence-electron chi connectivity index (χ1n) is 10.7. The van der Waals surface area contributed by atoms with Crippen LogP contribution in [0.2, 0.25) is 0 Å². The number of rotatable bonds is 5. The summed E-state index contributed by atoms with van der Waals surface area (Å²) in [6.45, 7) is 0. The third kappa shape index (κ3) is 3.54. The van der Waals surface area contributed by atoms with Crippen molar-refractivity contribution in [2.24, 2.45) is 0 Å². The van der Waals surface area contributed by atoms with Crippen LogP contribution < -0.4 is 14.4 Å². The quantitative estimate of drug-likeness (QED) is 0.229. The Bertz CT molecular complexity index is 1450. The van der Waals surface area contributed by atoms with Gasteiger partial charge in [-0.15, -0.1) is 0 Å². The number of phenolic OH excluding ortho intramolecular Hbond substituents is 1. The maximum absolute atomic E-state index is 13.4. The molecule has 1 amide bonds. The number of carbonyl (C=O) groups is 2. The Morgan fingerprint density at radius 2 is 1.66 bits per heavy atom. The zero-order chi connectivity index (χ0) is 24.7. The van der Waals surface area contributed by atoms with Crippen molar-refractivity contribution in [1.82, 2.24) is 9.97 Å². The number of aromatic amines is 1. The highest BCUT2D eigenvalue weighted by molar-refractivity contribution is 6.51. The van der Waals surface area contributed by atoms with Crippen molar-refractivity contribution in [2.45, 2.75) is 6.04 Å². The van der Waals surface area contributed by atoms with Gasteiger partial charge >= 0.3 is 5.91 Å². The van der Waals surface area contributed by atoms with Crippen molar-refractivity contribution in [3.8, 4) is 17.2 Å². The number of benzene rings is 3. The van der Waals surface area contributed by atoms with Crippen LogP contribution in [-0.4, -0.2) is 46.1 Å². The Labute approximate surface area is 199 Å². The molecule has 1 atom stereocenters. The van der Waals surface area contributed by atoms with Gasteiger partial charge in [-0.25, -0.2) is 4.98 Å². The highest BCUT2D eigenvalue weighted by Gasteiger charge is 2.48. The number of aromatic nitrogens is 2. The number of phenols is 1. The molecule has 1 fully saturated rings. The summed E-state index contributed by atoms with van der Waals surface area (Å²) >= 11 is 0. The molecule has 0 spiro atoms. The summed E-state index contributed by atoms with van der Waals surface area (Å²) in [5.41, 5.74) is 1.62. The molecule has 5 rings (SSSR count). The molecule has 3 N–H and O–H groups in total. The van der Waals surface area contributed by atoms with Crippen LogP contribution in [0, 0.1) is 0 Å². The summed E-state index contributed by atoms with van der Waals surface area (Å²) in [6, 6.07) is 17.1. The van der Waals surface area contributed by atoms with Crippen LogP contribution in [0.5, 0.6) is 17.2 Å². The van der Waals surface area contributed by atoms with Gasteiger partial charge in [0, 0.05) is 0 Å². The van der Waals surface area contributed by atoms with Gasteiger partial charge in [0.05, 0.1) is 36.9 Å². The molecule has 176 valence electrons. The van der Waals surface area contributed by atoms with Crippen LogP contribution in [0.4, 0.5) is 5.95 Å². The average molecular weight is 471 g/mol.